The average molecular weight is 216 g/mol. The lowest BCUT2D eigenvalue weighted by Crippen LogP contribution is -2.47. The molecule has 4 nitrogen and oxygen atoms in total. The van der Waals surface area contributed by atoms with Crippen molar-refractivity contribution in [2.24, 2.45) is 0 Å². The first-order chi connectivity index (χ1) is 7.38. The molecule has 0 saturated carbocycles. The van der Waals surface area contributed by atoms with Gasteiger partial charge in [0.05, 0.1) is 19.8 Å². The van der Waals surface area contributed by atoms with Crippen molar-refractivity contribution in [3.05, 3.63) is 0 Å². The third kappa shape index (κ3) is 4.93. The van der Waals surface area contributed by atoms with E-state index in [2.05, 4.69) is 17.1 Å². The maximum Gasteiger partial charge on any atom is 0.0622 e. The van der Waals surface area contributed by atoms with E-state index in [1.54, 1.807) is 7.11 Å². The van der Waals surface area contributed by atoms with Crippen LogP contribution in [0.5, 0.6) is 0 Å². The maximum atomic E-state index is 5.47. The Morgan fingerprint density at radius 2 is 2.33 bits per heavy atom. The van der Waals surface area contributed by atoms with E-state index in [0.29, 0.717) is 6.04 Å². The van der Waals surface area contributed by atoms with Crippen LogP contribution < -0.4 is 5.32 Å². The first-order valence-electron chi connectivity index (χ1n) is 5.90. The van der Waals surface area contributed by atoms with Crippen molar-refractivity contribution in [3.63, 3.8) is 0 Å². The molecule has 0 aromatic rings. The molecule has 0 aromatic carbocycles. The highest BCUT2D eigenvalue weighted by molar-refractivity contribution is 4.74. The van der Waals surface area contributed by atoms with Crippen LogP contribution in [0.1, 0.15) is 13.3 Å². The van der Waals surface area contributed by atoms with Crippen molar-refractivity contribution in [2.45, 2.75) is 19.4 Å². The lowest BCUT2D eigenvalue weighted by molar-refractivity contribution is -0.00793. The zero-order valence-electron chi connectivity index (χ0n) is 10.00. The monoisotopic (exact) mass is 216 g/mol. The van der Waals surface area contributed by atoms with Crippen molar-refractivity contribution in [3.8, 4) is 0 Å². The summed E-state index contributed by atoms with van der Waals surface area (Å²) >= 11 is 0. The molecule has 0 bridgehead atoms. The summed E-state index contributed by atoms with van der Waals surface area (Å²) in [5, 5.41) is 3.37. The fourth-order valence-electron chi connectivity index (χ4n) is 1.88. The van der Waals surface area contributed by atoms with E-state index in [1.165, 1.54) is 6.42 Å². The van der Waals surface area contributed by atoms with Crippen LogP contribution >= 0.6 is 0 Å². The Morgan fingerprint density at radius 3 is 3.07 bits per heavy atom. The largest absolute Gasteiger partial charge is 0.383 e. The van der Waals surface area contributed by atoms with Gasteiger partial charge in [-0.15, -0.1) is 0 Å². The molecule has 0 aliphatic carbocycles. The van der Waals surface area contributed by atoms with Gasteiger partial charge in [-0.25, -0.2) is 0 Å². The molecule has 1 N–H and O–H groups in total. The molecule has 90 valence electrons. The fraction of sp³-hybridized carbons (Fsp3) is 1.00. The van der Waals surface area contributed by atoms with E-state index in [-0.39, 0.29) is 0 Å². The molecule has 0 amide bonds. The molecule has 1 aliphatic heterocycles. The number of rotatable bonds is 7. The van der Waals surface area contributed by atoms with Crippen molar-refractivity contribution in [2.75, 3.05) is 53.1 Å². The Labute approximate surface area is 92.9 Å². The minimum atomic E-state index is 0.614. The maximum absolute atomic E-state index is 5.47. The molecule has 4 heteroatoms. The number of morpholine rings is 1. The minimum absolute atomic E-state index is 0.614. The lowest BCUT2D eigenvalue weighted by Gasteiger charge is -2.35. The van der Waals surface area contributed by atoms with Crippen molar-refractivity contribution in [1.29, 1.82) is 0 Å². The SMILES string of the molecule is CCC1COCCN1CCNCCOC. The van der Waals surface area contributed by atoms with E-state index in [9.17, 15) is 0 Å². The van der Waals surface area contributed by atoms with Gasteiger partial charge in [0.15, 0.2) is 0 Å². The Morgan fingerprint density at radius 1 is 1.47 bits per heavy atom. The summed E-state index contributed by atoms with van der Waals surface area (Å²) in [6, 6.07) is 0.614. The summed E-state index contributed by atoms with van der Waals surface area (Å²) in [5.41, 5.74) is 0. The first-order valence-corrected chi connectivity index (χ1v) is 5.90. The Kier molecular flexibility index (Phi) is 6.92. The average Bonchev–Trinajstić information content (AvgIpc) is 2.29. The van der Waals surface area contributed by atoms with Gasteiger partial charge in [0.1, 0.15) is 0 Å². The molecular weight excluding hydrogens is 192 g/mol. The number of hydrogen-bond acceptors (Lipinski definition) is 4. The number of hydrogen-bond donors (Lipinski definition) is 1. The van der Waals surface area contributed by atoms with Crippen LogP contribution in [0.2, 0.25) is 0 Å². The van der Waals surface area contributed by atoms with Crippen LogP contribution in [-0.4, -0.2) is 64.1 Å². The molecule has 1 rings (SSSR count). The summed E-state index contributed by atoms with van der Waals surface area (Å²) in [4.78, 5) is 2.52. The number of ether oxygens (including phenoxy) is 2. The van der Waals surface area contributed by atoms with Gasteiger partial charge >= 0.3 is 0 Å². The van der Waals surface area contributed by atoms with Crippen LogP contribution in [0.15, 0.2) is 0 Å². The highest BCUT2D eigenvalue weighted by Crippen LogP contribution is 2.08. The van der Waals surface area contributed by atoms with E-state index in [1.807, 2.05) is 0 Å². The molecular formula is C11H24N2O2. The molecule has 1 heterocycles. The summed E-state index contributed by atoms with van der Waals surface area (Å²) in [5.74, 6) is 0. The fourth-order valence-corrected chi connectivity index (χ4v) is 1.88. The Balaban J connectivity index is 2.07. The zero-order valence-corrected chi connectivity index (χ0v) is 10.00. The van der Waals surface area contributed by atoms with Crippen LogP contribution in [0.3, 0.4) is 0 Å². The predicted molar refractivity (Wildman–Crippen MR) is 61.2 cm³/mol. The van der Waals surface area contributed by atoms with Gasteiger partial charge in [0.2, 0.25) is 0 Å². The van der Waals surface area contributed by atoms with Gasteiger partial charge in [0.25, 0.3) is 0 Å². The lowest BCUT2D eigenvalue weighted by atomic mass is 10.2. The van der Waals surface area contributed by atoms with Crippen LogP contribution in [0, 0.1) is 0 Å². The number of methoxy groups -OCH3 is 1. The number of nitrogens with one attached hydrogen (secondary N) is 1. The Bertz CT molecular complexity index is 156. The number of nitrogens with zero attached hydrogens (tertiary/aromatic N) is 1. The molecule has 0 radical (unpaired) electrons. The normalized spacial score (nSPS) is 23.2. The van der Waals surface area contributed by atoms with Gasteiger partial charge in [0, 0.05) is 39.3 Å². The molecule has 0 aromatic heterocycles. The van der Waals surface area contributed by atoms with E-state index >= 15 is 0 Å². The molecule has 1 aliphatic rings. The quantitative estimate of drug-likeness (QED) is 0.622. The molecule has 1 unspecified atom stereocenters. The van der Waals surface area contributed by atoms with Crippen LogP contribution in [0.25, 0.3) is 0 Å². The summed E-state index contributed by atoms with van der Waals surface area (Å²) in [7, 11) is 1.73. The van der Waals surface area contributed by atoms with E-state index < -0.39 is 0 Å². The van der Waals surface area contributed by atoms with Gasteiger partial charge in [-0.1, -0.05) is 6.92 Å². The van der Waals surface area contributed by atoms with E-state index in [4.69, 9.17) is 9.47 Å². The standard InChI is InChI=1S/C11H24N2O2/c1-3-11-10-15-9-7-13(11)6-4-12-5-8-14-2/h11-12H,3-10H2,1-2H3. The molecule has 1 fully saturated rings. The second-order valence-electron chi connectivity index (χ2n) is 3.92. The highest BCUT2D eigenvalue weighted by atomic mass is 16.5. The molecule has 1 atom stereocenters. The van der Waals surface area contributed by atoms with Crippen molar-refractivity contribution in [1.82, 2.24) is 10.2 Å². The molecule has 1 saturated heterocycles. The van der Waals surface area contributed by atoms with Crippen LogP contribution in [-0.2, 0) is 9.47 Å². The summed E-state index contributed by atoms with van der Waals surface area (Å²) in [6.45, 7) is 8.97. The van der Waals surface area contributed by atoms with Crippen molar-refractivity contribution < 1.29 is 9.47 Å². The minimum Gasteiger partial charge on any atom is -0.383 e. The summed E-state index contributed by atoms with van der Waals surface area (Å²) in [6.07, 6.45) is 1.18. The highest BCUT2D eigenvalue weighted by Gasteiger charge is 2.20. The van der Waals surface area contributed by atoms with Gasteiger partial charge in [-0.2, -0.15) is 0 Å². The Hall–Kier alpha value is -0.160. The van der Waals surface area contributed by atoms with Crippen LogP contribution in [0.4, 0.5) is 0 Å². The topological polar surface area (TPSA) is 33.7 Å². The van der Waals surface area contributed by atoms with E-state index in [0.717, 1.165) is 46.0 Å². The van der Waals surface area contributed by atoms with Gasteiger partial charge in [-0.05, 0) is 6.42 Å². The molecule has 0 spiro atoms. The second kappa shape index (κ2) is 8.05. The third-order valence-corrected chi connectivity index (χ3v) is 2.88. The summed E-state index contributed by atoms with van der Waals surface area (Å²) < 4.78 is 10.4. The van der Waals surface area contributed by atoms with Gasteiger partial charge in [-0.3, -0.25) is 4.90 Å². The third-order valence-electron chi connectivity index (χ3n) is 2.88. The molecule has 15 heavy (non-hydrogen) atoms. The zero-order chi connectivity index (χ0) is 10.9. The first kappa shape index (κ1) is 12.9. The second-order valence-corrected chi connectivity index (χ2v) is 3.92. The predicted octanol–water partition coefficient (Wildman–Crippen LogP) is 0.333. The van der Waals surface area contributed by atoms with Crippen molar-refractivity contribution >= 4 is 0 Å². The smallest absolute Gasteiger partial charge is 0.0622 e. The van der Waals surface area contributed by atoms with Gasteiger partial charge < -0.3 is 14.8 Å².